The van der Waals surface area contributed by atoms with Crippen molar-refractivity contribution in [3.8, 4) is 0 Å². The minimum atomic E-state index is -3.68. The number of carbonyl (C=O) groups excluding carboxylic acids is 1. The van der Waals surface area contributed by atoms with E-state index in [9.17, 15) is 13.2 Å². The Morgan fingerprint density at radius 3 is 2.30 bits per heavy atom. The summed E-state index contributed by atoms with van der Waals surface area (Å²) in [6.07, 6.45) is 3.03. The molecule has 0 aliphatic rings. The van der Waals surface area contributed by atoms with Gasteiger partial charge in [0.05, 0.1) is 10.6 Å². The van der Waals surface area contributed by atoms with E-state index >= 15 is 0 Å². The number of anilines is 1. The molecule has 0 spiro atoms. The van der Waals surface area contributed by atoms with Gasteiger partial charge >= 0.3 is 0 Å². The Morgan fingerprint density at radius 2 is 1.81 bits per heavy atom. The lowest BCUT2D eigenvalue weighted by Crippen LogP contribution is -2.31. The monoisotopic (exact) mass is 405 g/mol. The first-order valence-electron chi connectivity index (χ1n) is 8.38. The predicted octanol–water partition coefficient (Wildman–Crippen LogP) is 3.88. The second kappa shape index (κ2) is 9.07. The quantitative estimate of drug-likeness (QED) is 0.642. The van der Waals surface area contributed by atoms with Crippen LogP contribution in [0, 0.1) is 0 Å². The van der Waals surface area contributed by atoms with Crippen molar-refractivity contribution in [3.63, 3.8) is 0 Å². The number of carbonyl (C=O) groups is 1. The highest BCUT2D eigenvalue weighted by atomic mass is 32.2. The molecule has 0 unspecified atom stereocenters. The Bertz CT molecular complexity index is 906. The summed E-state index contributed by atoms with van der Waals surface area (Å²) >= 11 is 1.36. The van der Waals surface area contributed by atoms with Gasteiger partial charge in [-0.25, -0.2) is 13.4 Å². The van der Waals surface area contributed by atoms with Crippen LogP contribution in [0.1, 0.15) is 35.8 Å². The van der Waals surface area contributed by atoms with Crippen LogP contribution < -0.4 is 5.32 Å². The third-order valence-corrected chi connectivity index (χ3v) is 6.38. The molecule has 0 atom stereocenters. The molecular weight excluding hydrogens is 382 g/mol. The summed E-state index contributed by atoms with van der Waals surface area (Å²) in [5.41, 5.74) is 1.27. The lowest BCUT2D eigenvalue weighted by molar-refractivity contribution is 0.102. The van der Waals surface area contributed by atoms with Gasteiger partial charge in [0.15, 0.2) is 5.13 Å². The van der Waals surface area contributed by atoms with Crippen molar-refractivity contribution < 1.29 is 13.2 Å². The van der Waals surface area contributed by atoms with Gasteiger partial charge in [-0.15, -0.1) is 24.5 Å². The maximum atomic E-state index is 12.7. The summed E-state index contributed by atoms with van der Waals surface area (Å²) in [6.45, 7) is 11.6. The van der Waals surface area contributed by atoms with E-state index < -0.39 is 10.0 Å². The largest absolute Gasteiger partial charge is 0.298 e. The van der Waals surface area contributed by atoms with Crippen LogP contribution in [-0.2, 0) is 10.0 Å². The molecule has 0 fully saturated rings. The molecule has 0 aliphatic carbocycles. The topological polar surface area (TPSA) is 79.4 Å². The fourth-order valence-electron chi connectivity index (χ4n) is 2.26. The number of sulfonamides is 1. The highest BCUT2D eigenvalue weighted by Crippen LogP contribution is 2.22. The van der Waals surface area contributed by atoms with Crippen LogP contribution in [0.3, 0.4) is 0 Å². The van der Waals surface area contributed by atoms with Crippen molar-refractivity contribution in [3.05, 3.63) is 66.2 Å². The average molecular weight is 406 g/mol. The van der Waals surface area contributed by atoms with Crippen LogP contribution in [0.2, 0.25) is 0 Å². The number of rotatable bonds is 9. The molecule has 2 aromatic rings. The molecule has 0 saturated heterocycles. The second-order valence-corrected chi connectivity index (χ2v) is 8.91. The molecule has 0 aliphatic heterocycles. The van der Waals surface area contributed by atoms with Crippen LogP contribution >= 0.6 is 11.3 Å². The molecule has 1 heterocycles. The van der Waals surface area contributed by atoms with E-state index in [1.54, 1.807) is 0 Å². The Kier molecular flexibility index (Phi) is 7.06. The third kappa shape index (κ3) is 5.12. The number of thiazole rings is 1. The number of aromatic nitrogens is 1. The molecule has 0 radical (unpaired) electrons. The molecule has 2 rings (SSSR count). The van der Waals surface area contributed by atoms with Crippen molar-refractivity contribution >= 4 is 32.4 Å². The van der Waals surface area contributed by atoms with Gasteiger partial charge < -0.3 is 0 Å². The van der Waals surface area contributed by atoms with E-state index in [1.807, 2.05) is 19.2 Å². The summed E-state index contributed by atoms with van der Waals surface area (Å²) in [5, 5.41) is 5.16. The summed E-state index contributed by atoms with van der Waals surface area (Å²) in [5.74, 6) is -0.0527. The van der Waals surface area contributed by atoms with Gasteiger partial charge in [0.2, 0.25) is 10.0 Å². The van der Waals surface area contributed by atoms with Crippen LogP contribution in [0.5, 0.6) is 0 Å². The predicted molar refractivity (Wildman–Crippen MR) is 110 cm³/mol. The molecule has 27 heavy (non-hydrogen) atoms. The lowest BCUT2D eigenvalue weighted by Gasteiger charge is -2.19. The van der Waals surface area contributed by atoms with Crippen molar-refractivity contribution in [1.82, 2.24) is 9.29 Å². The van der Waals surface area contributed by atoms with Gasteiger partial charge in [0.1, 0.15) is 0 Å². The van der Waals surface area contributed by atoms with Gasteiger partial charge in [-0.05, 0) is 30.2 Å². The maximum absolute atomic E-state index is 12.7. The van der Waals surface area contributed by atoms with Crippen LogP contribution in [0.15, 0.2) is 59.9 Å². The fourth-order valence-corrected chi connectivity index (χ4v) is 4.51. The zero-order valence-corrected chi connectivity index (χ0v) is 17.0. The average Bonchev–Trinajstić information content (AvgIpc) is 3.10. The second-order valence-electron chi connectivity index (χ2n) is 6.11. The molecule has 1 amide bonds. The number of benzene rings is 1. The number of amides is 1. The fraction of sp³-hybridized carbons (Fsp3) is 0.263. The molecule has 1 aromatic heterocycles. The van der Waals surface area contributed by atoms with Gasteiger partial charge in [0.25, 0.3) is 5.91 Å². The molecule has 1 N–H and O–H groups in total. The molecule has 1 aromatic carbocycles. The Balaban J connectivity index is 2.16. The molecule has 0 bridgehead atoms. The van der Waals surface area contributed by atoms with Gasteiger partial charge in [-0.1, -0.05) is 26.0 Å². The van der Waals surface area contributed by atoms with E-state index in [0.717, 1.165) is 5.69 Å². The molecule has 144 valence electrons. The van der Waals surface area contributed by atoms with E-state index in [0.29, 0.717) is 10.7 Å². The standard InChI is InChI=1S/C19H23N3O3S2/c1-5-11-22(12-6-2)27(24,25)16-9-7-15(8-10-16)18(23)21-19-20-17(13-26-19)14(3)4/h5-10,13-14H,1-2,11-12H2,3-4H3,(H,20,21,23). The summed E-state index contributed by atoms with van der Waals surface area (Å²) in [6, 6.07) is 5.81. The zero-order chi connectivity index (χ0) is 20.0. The summed E-state index contributed by atoms with van der Waals surface area (Å²) < 4.78 is 26.6. The normalized spacial score (nSPS) is 11.6. The first kappa shape index (κ1) is 21.0. The van der Waals surface area contributed by atoms with Crippen LogP contribution in [0.4, 0.5) is 5.13 Å². The summed E-state index contributed by atoms with van der Waals surface area (Å²) in [7, 11) is -3.68. The minimum absolute atomic E-state index is 0.110. The van der Waals surface area contributed by atoms with Crippen molar-refractivity contribution in [2.45, 2.75) is 24.7 Å². The van der Waals surface area contributed by atoms with E-state index in [1.165, 1.54) is 52.1 Å². The SMILES string of the molecule is C=CCN(CC=C)S(=O)(=O)c1ccc(C(=O)Nc2nc(C(C)C)cs2)cc1. The minimum Gasteiger partial charge on any atom is -0.298 e. The lowest BCUT2D eigenvalue weighted by atomic mass is 10.2. The van der Waals surface area contributed by atoms with E-state index in [-0.39, 0.29) is 29.8 Å². The number of hydrogen-bond donors (Lipinski definition) is 1. The molecule has 8 heteroatoms. The number of nitrogens with zero attached hydrogens (tertiary/aromatic N) is 2. The van der Waals surface area contributed by atoms with Gasteiger partial charge in [0, 0.05) is 24.0 Å². The van der Waals surface area contributed by atoms with Crippen molar-refractivity contribution in [2.24, 2.45) is 0 Å². The Morgan fingerprint density at radius 1 is 1.22 bits per heavy atom. The highest BCUT2D eigenvalue weighted by molar-refractivity contribution is 7.89. The van der Waals surface area contributed by atoms with Crippen LogP contribution in [-0.4, -0.2) is 36.7 Å². The third-order valence-electron chi connectivity index (χ3n) is 3.75. The van der Waals surface area contributed by atoms with Gasteiger partial charge in [-0.3, -0.25) is 10.1 Å². The summed E-state index contributed by atoms with van der Waals surface area (Å²) in [4.78, 5) is 16.8. The Hall–Kier alpha value is -2.29. The Labute approximate surface area is 164 Å². The molecule has 0 saturated carbocycles. The highest BCUT2D eigenvalue weighted by Gasteiger charge is 2.22. The maximum Gasteiger partial charge on any atom is 0.257 e. The van der Waals surface area contributed by atoms with E-state index in [2.05, 4.69) is 23.5 Å². The molecular formula is C19H23N3O3S2. The first-order valence-corrected chi connectivity index (χ1v) is 10.7. The van der Waals surface area contributed by atoms with Crippen molar-refractivity contribution in [2.75, 3.05) is 18.4 Å². The molecule has 6 nitrogen and oxygen atoms in total. The smallest absolute Gasteiger partial charge is 0.257 e. The van der Waals surface area contributed by atoms with Gasteiger partial charge in [-0.2, -0.15) is 4.31 Å². The zero-order valence-electron chi connectivity index (χ0n) is 15.4. The van der Waals surface area contributed by atoms with Crippen molar-refractivity contribution in [1.29, 1.82) is 0 Å². The number of hydrogen-bond acceptors (Lipinski definition) is 5. The number of nitrogens with one attached hydrogen (secondary N) is 1. The first-order chi connectivity index (χ1) is 12.8. The van der Waals surface area contributed by atoms with E-state index in [4.69, 9.17) is 0 Å². The van der Waals surface area contributed by atoms with Crippen LogP contribution in [0.25, 0.3) is 0 Å².